The van der Waals surface area contributed by atoms with Crippen molar-refractivity contribution in [2.45, 2.75) is 51.9 Å². The third kappa shape index (κ3) is 4.09. The molecule has 1 aliphatic heterocycles. The van der Waals surface area contributed by atoms with Crippen molar-refractivity contribution in [3.63, 3.8) is 0 Å². The molecule has 29 heavy (non-hydrogen) atoms. The highest BCUT2D eigenvalue weighted by molar-refractivity contribution is 6.07. The fraction of sp³-hybridized carbons (Fsp3) is 0.455. The second-order valence-electron chi connectivity index (χ2n) is 7.66. The van der Waals surface area contributed by atoms with E-state index in [4.69, 9.17) is 4.42 Å². The number of nitrogens with zero attached hydrogens (tertiary/aromatic N) is 3. The Kier molecular flexibility index (Phi) is 5.74. The first kappa shape index (κ1) is 19.4. The number of aromatic nitrogens is 1. The van der Waals surface area contributed by atoms with Crippen LogP contribution in [0.1, 0.15) is 76.3 Å². The molecule has 0 bridgehead atoms. The van der Waals surface area contributed by atoms with E-state index in [0.717, 1.165) is 67.8 Å². The molecule has 2 aromatic heterocycles. The lowest BCUT2D eigenvalue weighted by Gasteiger charge is -2.19. The monoisotopic (exact) mass is 394 g/mol. The van der Waals surface area contributed by atoms with Gasteiger partial charge in [0.1, 0.15) is 5.76 Å². The van der Waals surface area contributed by atoms with E-state index in [1.54, 1.807) is 18.3 Å². The summed E-state index contributed by atoms with van der Waals surface area (Å²) < 4.78 is 6.02. The van der Waals surface area contributed by atoms with Gasteiger partial charge in [0.2, 0.25) is 0 Å². The Morgan fingerprint density at radius 1 is 1.14 bits per heavy atom. The highest BCUT2D eigenvalue weighted by atomic mass is 16.4. The molecule has 0 unspecified atom stereocenters. The molecular weight excluding hydrogens is 368 g/mol. The van der Waals surface area contributed by atoms with Crippen molar-refractivity contribution < 1.29 is 14.0 Å². The number of nitrogens with one attached hydrogen (secondary N) is 1. The third-order valence-corrected chi connectivity index (χ3v) is 5.63. The van der Waals surface area contributed by atoms with Crippen molar-refractivity contribution in [1.82, 2.24) is 15.3 Å². The third-order valence-electron chi connectivity index (χ3n) is 5.63. The number of fused-ring (bicyclic) bond motifs is 1. The van der Waals surface area contributed by atoms with Crippen molar-refractivity contribution in [3.05, 3.63) is 52.7 Å². The van der Waals surface area contributed by atoms with E-state index in [-0.39, 0.29) is 11.8 Å². The maximum Gasteiger partial charge on any atom is 0.289 e. The smallest absolute Gasteiger partial charge is 0.289 e. The Bertz CT molecular complexity index is 925. The van der Waals surface area contributed by atoms with Crippen molar-refractivity contribution in [2.24, 2.45) is 5.10 Å². The van der Waals surface area contributed by atoms with Gasteiger partial charge in [-0.1, -0.05) is 12.8 Å². The Morgan fingerprint density at radius 3 is 2.66 bits per heavy atom. The van der Waals surface area contributed by atoms with Crippen LogP contribution in [0.25, 0.3) is 0 Å². The number of likely N-dealkylation sites (tertiary alicyclic amines) is 1. The van der Waals surface area contributed by atoms with Gasteiger partial charge in [0.05, 0.1) is 11.3 Å². The van der Waals surface area contributed by atoms with E-state index in [2.05, 4.69) is 15.5 Å². The van der Waals surface area contributed by atoms with Crippen LogP contribution in [0.2, 0.25) is 0 Å². The fourth-order valence-corrected chi connectivity index (χ4v) is 4.08. The average Bonchev–Trinajstić information content (AvgIpc) is 2.93. The normalized spacial score (nSPS) is 18.2. The van der Waals surface area contributed by atoms with Crippen molar-refractivity contribution >= 4 is 17.5 Å². The van der Waals surface area contributed by atoms with Crippen LogP contribution in [0.3, 0.4) is 0 Å². The van der Waals surface area contributed by atoms with Gasteiger partial charge in [0.15, 0.2) is 5.76 Å². The van der Waals surface area contributed by atoms with E-state index in [9.17, 15) is 9.59 Å². The Hall–Kier alpha value is -2.96. The van der Waals surface area contributed by atoms with Crippen LogP contribution >= 0.6 is 0 Å². The highest BCUT2D eigenvalue weighted by Crippen LogP contribution is 2.31. The minimum atomic E-state index is -0.306. The standard InChI is InChI=1S/C22H26N4O3/c1-15-19-17(24-25-21(27)16-8-7-11-23-14-16)9-6-10-18(19)29-20(15)22(28)26-12-4-2-3-5-13-26/h7-8,11,14H,2-6,9-10,12-13H2,1H3,(H,25,27)/b24-17+. The number of hydrazone groups is 1. The molecule has 3 heterocycles. The number of pyridine rings is 1. The highest BCUT2D eigenvalue weighted by Gasteiger charge is 2.30. The first-order valence-electron chi connectivity index (χ1n) is 10.3. The van der Waals surface area contributed by atoms with Gasteiger partial charge < -0.3 is 9.32 Å². The molecule has 0 spiro atoms. The number of aryl methyl sites for hydroxylation is 1. The molecule has 0 saturated carbocycles. The maximum absolute atomic E-state index is 13.1. The summed E-state index contributed by atoms with van der Waals surface area (Å²) in [4.78, 5) is 31.2. The van der Waals surface area contributed by atoms with Crippen LogP contribution in [0, 0.1) is 6.92 Å². The molecule has 2 aliphatic rings. The van der Waals surface area contributed by atoms with E-state index in [1.807, 2.05) is 11.8 Å². The summed E-state index contributed by atoms with van der Waals surface area (Å²) in [6.45, 7) is 3.48. The second kappa shape index (κ2) is 8.59. The van der Waals surface area contributed by atoms with Crippen LogP contribution in [-0.2, 0) is 6.42 Å². The number of furan rings is 1. The Balaban J connectivity index is 1.57. The first-order chi connectivity index (χ1) is 14.1. The van der Waals surface area contributed by atoms with E-state index >= 15 is 0 Å². The molecule has 1 saturated heterocycles. The molecule has 0 atom stereocenters. The Morgan fingerprint density at radius 2 is 1.93 bits per heavy atom. The summed E-state index contributed by atoms with van der Waals surface area (Å²) >= 11 is 0. The lowest BCUT2D eigenvalue weighted by Crippen LogP contribution is -2.32. The zero-order valence-electron chi connectivity index (χ0n) is 16.7. The summed E-state index contributed by atoms with van der Waals surface area (Å²) in [6, 6.07) is 3.40. The Labute approximate surface area is 170 Å². The largest absolute Gasteiger partial charge is 0.455 e. The zero-order chi connectivity index (χ0) is 20.2. The van der Waals surface area contributed by atoms with Gasteiger partial charge in [-0.25, -0.2) is 5.43 Å². The van der Waals surface area contributed by atoms with Crippen LogP contribution in [0.5, 0.6) is 0 Å². The quantitative estimate of drug-likeness (QED) is 0.808. The van der Waals surface area contributed by atoms with Crippen LogP contribution in [0.4, 0.5) is 0 Å². The topological polar surface area (TPSA) is 87.8 Å². The molecule has 0 aromatic carbocycles. The maximum atomic E-state index is 13.1. The van der Waals surface area contributed by atoms with Crippen LogP contribution in [-0.4, -0.2) is 40.5 Å². The summed E-state index contributed by atoms with van der Waals surface area (Å²) in [5, 5.41) is 4.37. The van der Waals surface area contributed by atoms with Gasteiger partial charge in [-0.3, -0.25) is 14.6 Å². The average molecular weight is 394 g/mol. The number of rotatable bonds is 3. The molecule has 1 fully saturated rings. The predicted octanol–water partition coefficient (Wildman–Crippen LogP) is 3.47. The van der Waals surface area contributed by atoms with Gasteiger partial charge in [-0.2, -0.15) is 5.10 Å². The van der Waals surface area contributed by atoms with Gasteiger partial charge in [-0.05, 0) is 44.7 Å². The van der Waals surface area contributed by atoms with E-state index in [0.29, 0.717) is 11.3 Å². The second-order valence-corrected chi connectivity index (χ2v) is 7.66. The lowest BCUT2D eigenvalue weighted by molar-refractivity contribution is 0.0726. The van der Waals surface area contributed by atoms with Crippen molar-refractivity contribution in [1.29, 1.82) is 0 Å². The number of carbonyl (C=O) groups excluding carboxylic acids is 2. The summed E-state index contributed by atoms with van der Waals surface area (Å²) in [7, 11) is 0. The molecule has 0 radical (unpaired) electrons. The van der Waals surface area contributed by atoms with Crippen molar-refractivity contribution in [2.75, 3.05) is 13.1 Å². The first-order valence-corrected chi connectivity index (χ1v) is 10.3. The number of hydrogen-bond donors (Lipinski definition) is 1. The van der Waals surface area contributed by atoms with Crippen LogP contribution < -0.4 is 5.43 Å². The predicted molar refractivity (Wildman–Crippen MR) is 109 cm³/mol. The number of carbonyl (C=O) groups is 2. The molecule has 4 rings (SSSR count). The van der Waals surface area contributed by atoms with Gasteiger partial charge in [0.25, 0.3) is 11.8 Å². The lowest BCUT2D eigenvalue weighted by atomic mass is 9.93. The van der Waals surface area contributed by atoms with E-state index < -0.39 is 0 Å². The fourth-order valence-electron chi connectivity index (χ4n) is 4.08. The van der Waals surface area contributed by atoms with Crippen molar-refractivity contribution in [3.8, 4) is 0 Å². The summed E-state index contributed by atoms with van der Waals surface area (Å²) in [5.74, 6) is 0.878. The minimum Gasteiger partial charge on any atom is -0.455 e. The molecule has 2 aromatic rings. The van der Waals surface area contributed by atoms with E-state index in [1.165, 1.54) is 19.0 Å². The molecule has 7 nitrogen and oxygen atoms in total. The zero-order valence-corrected chi connectivity index (χ0v) is 16.7. The molecule has 152 valence electrons. The molecule has 7 heteroatoms. The molecule has 1 aliphatic carbocycles. The molecular formula is C22H26N4O3. The minimum absolute atomic E-state index is 0.0301. The van der Waals surface area contributed by atoms with Crippen LogP contribution in [0.15, 0.2) is 34.0 Å². The number of hydrogen-bond acceptors (Lipinski definition) is 5. The summed E-state index contributed by atoms with van der Waals surface area (Å²) in [5.41, 5.74) is 5.53. The molecule has 2 amide bonds. The number of amides is 2. The van der Waals surface area contributed by atoms with Gasteiger partial charge in [0, 0.05) is 43.0 Å². The van der Waals surface area contributed by atoms with Gasteiger partial charge >= 0.3 is 0 Å². The SMILES string of the molecule is Cc1c(C(=O)N2CCCCCC2)oc2c1/C(=N/NC(=O)c1cccnc1)CCC2. The summed E-state index contributed by atoms with van der Waals surface area (Å²) in [6.07, 6.45) is 9.93. The molecule has 1 N–H and O–H groups in total. The van der Waals surface area contributed by atoms with Gasteiger partial charge in [-0.15, -0.1) is 0 Å².